The lowest BCUT2D eigenvalue weighted by Crippen LogP contribution is -2.40. The van der Waals surface area contributed by atoms with Crippen LogP contribution in [0, 0.1) is 0 Å². The van der Waals surface area contributed by atoms with Crippen molar-refractivity contribution in [3.05, 3.63) is 0 Å². The molecule has 0 aliphatic carbocycles. The molecule has 0 aromatic rings. The van der Waals surface area contributed by atoms with Crippen molar-refractivity contribution in [2.24, 2.45) is 5.73 Å². The Morgan fingerprint density at radius 2 is 2.50 bits per heavy atom. The molecule has 0 spiro atoms. The minimum absolute atomic E-state index is 0.0223. The molecule has 0 saturated carbocycles. The smallest absolute Gasteiger partial charge is 0.246 e. The van der Waals surface area contributed by atoms with Crippen LogP contribution in [0.5, 0.6) is 0 Å². The monoisotopic (exact) mass is 218 g/mol. The van der Waals surface area contributed by atoms with Crippen LogP contribution in [-0.4, -0.2) is 43.2 Å². The molecular formula is C9H18N2O2S. The fourth-order valence-corrected chi connectivity index (χ4v) is 2.44. The van der Waals surface area contributed by atoms with Crippen molar-refractivity contribution in [3.8, 4) is 0 Å². The molecule has 0 bridgehead atoms. The Kier molecular flexibility index (Phi) is 5.98. The van der Waals surface area contributed by atoms with E-state index in [0.717, 1.165) is 12.2 Å². The Bertz CT molecular complexity index is 172. The van der Waals surface area contributed by atoms with Gasteiger partial charge in [0.2, 0.25) is 5.91 Å². The Morgan fingerprint density at radius 3 is 3.14 bits per heavy atom. The van der Waals surface area contributed by atoms with Gasteiger partial charge in [-0.2, -0.15) is 11.8 Å². The Balaban J connectivity index is 2.06. The molecule has 1 aliphatic rings. The minimum atomic E-state index is -0.0223. The molecule has 3 N–H and O–H groups in total. The highest BCUT2D eigenvalue weighted by Gasteiger charge is 2.15. The summed E-state index contributed by atoms with van der Waals surface area (Å²) in [5.74, 6) is 2.23. The number of hydrogen-bond acceptors (Lipinski definition) is 4. The van der Waals surface area contributed by atoms with E-state index >= 15 is 0 Å². The minimum Gasteiger partial charge on any atom is -0.370 e. The van der Waals surface area contributed by atoms with Gasteiger partial charge in [0.25, 0.3) is 0 Å². The maximum absolute atomic E-state index is 11.3. The quantitative estimate of drug-likeness (QED) is 0.636. The number of ether oxygens (including phenoxy) is 1. The van der Waals surface area contributed by atoms with Crippen molar-refractivity contribution in [1.29, 1.82) is 0 Å². The number of carbonyl (C=O) groups is 1. The molecule has 5 heteroatoms. The van der Waals surface area contributed by atoms with Crippen LogP contribution in [0.4, 0.5) is 0 Å². The van der Waals surface area contributed by atoms with Gasteiger partial charge in [0.15, 0.2) is 0 Å². The third-order valence-corrected chi connectivity index (χ3v) is 3.24. The summed E-state index contributed by atoms with van der Waals surface area (Å²) in [6, 6.07) is 0.336. The van der Waals surface area contributed by atoms with Crippen LogP contribution < -0.4 is 11.1 Å². The van der Waals surface area contributed by atoms with Crippen LogP contribution in [0.2, 0.25) is 0 Å². The highest BCUT2D eigenvalue weighted by Crippen LogP contribution is 2.16. The van der Waals surface area contributed by atoms with Gasteiger partial charge in [0.05, 0.1) is 6.61 Å². The van der Waals surface area contributed by atoms with Crippen LogP contribution in [0.25, 0.3) is 0 Å². The second-order valence-corrected chi connectivity index (χ2v) is 4.47. The van der Waals surface area contributed by atoms with E-state index in [-0.39, 0.29) is 12.5 Å². The summed E-state index contributed by atoms with van der Waals surface area (Å²) in [5, 5.41) is 2.95. The van der Waals surface area contributed by atoms with E-state index in [1.807, 2.05) is 11.8 Å². The van der Waals surface area contributed by atoms with Crippen LogP contribution in [0.15, 0.2) is 0 Å². The van der Waals surface area contributed by atoms with Crippen LogP contribution in [0.1, 0.15) is 12.8 Å². The molecule has 1 heterocycles. The average Bonchev–Trinajstić information content (AvgIpc) is 2.20. The maximum atomic E-state index is 11.3. The first-order chi connectivity index (χ1) is 6.83. The summed E-state index contributed by atoms with van der Waals surface area (Å²) < 4.78 is 5.04. The van der Waals surface area contributed by atoms with Crippen molar-refractivity contribution in [3.63, 3.8) is 0 Å². The molecule has 0 radical (unpaired) electrons. The summed E-state index contributed by atoms with van der Waals surface area (Å²) in [5.41, 5.74) is 5.24. The second kappa shape index (κ2) is 7.09. The molecule has 1 amide bonds. The fourth-order valence-electron chi connectivity index (χ4n) is 1.37. The van der Waals surface area contributed by atoms with Gasteiger partial charge in [-0.25, -0.2) is 0 Å². The highest BCUT2D eigenvalue weighted by molar-refractivity contribution is 7.99. The third-order valence-electron chi connectivity index (χ3n) is 2.02. The third kappa shape index (κ3) is 4.83. The number of amides is 1. The highest BCUT2D eigenvalue weighted by atomic mass is 32.2. The summed E-state index contributed by atoms with van der Waals surface area (Å²) in [6.07, 6.45) is 2.29. The van der Waals surface area contributed by atoms with Gasteiger partial charge >= 0.3 is 0 Å². The van der Waals surface area contributed by atoms with Crippen molar-refractivity contribution in [2.75, 3.05) is 31.3 Å². The molecular weight excluding hydrogens is 200 g/mol. The number of nitrogens with one attached hydrogen (secondary N) is 1. The second-order valence-electron chi connectivity index (χ2n) is 3.32. The Labute approximate surface area is 88.9 Å². The zero-order valence-corrected chi connectivity index (χ0v) is 9.15. The maximum Gasteiger partial charge on any atom is 0.246 e. The molecule has 14 heavy (non-hydrogen) atoms. The van der Waals surface area contributed by atoms with Gasteiger partial charge in [-0.1, -0.05) is 0 Å². The Hall–Kier alpha value is -0.260. The molecule has 1 rings (SSSR count). The number of thioether (sulfide) groups is 1. The van der Waals surface area contributed by atoms with Crippen molar-refractivity contribution in [1.82, 2.24) is 5.32 Å². The standard InChI is InChI=1S/C9H18N2O2S/c10-3-4-13-6-9(12)11-8-2-1-5-14-7-8/h8H,1-7,10H2,(H,11,12). The van der Waals surface area contributed by atoms with Gasteiger partial charge < -0.3 is 15.8 Å². The van der Waals surface area contributed by atoms with Gasteiger partial charge in [0, 0.05) is 18.3 Å². The van der Waals surface area contributed by atoms with E-state index in [4.69, 9.17) is 10.5 Å². The fraction of sp³-hybridized carbons (Fsp3) is 0.889. The van der Waals surface area contributed by atoms with E-state index in [9.17, 15) is 4.79 Å². The van der Waals surface area contributed by atoms with Gasteiger partial charge in [0.1, 0.15) is 6.61 Å². The van der Waals surface area contributed by atoms with Crippen LogP contribution in [-0.2, 0) is 9.53 Å². The van der Waals surface area contributed by atoms with E-state index in [1.54, 1.807) is 0 Å². The van der Waals surface area contributed by atoms with E-state index < -0.39 is 0 Å². The van der Waals surface area contributed by atoms with Gasteiger partial charge in [-0.05, 0) is 18.6 Å². The van der Waals surface area contributed by atoms with E-state index in [1.165, 1.54) is 12.2 Å². The van der Waals surface area contributed by atoms with E-state index in [0.29, 0.717) is 19.2 Å². The van der Waals surface area contributed by atoms with Crippen LogP contribution >= 0.6 is 11.8 Å². The summed E-state index contributed by atoms with van der Waals surface area (Å²) in [7, 11) is 0. The van der Waals surface area contributed by atoms with Gasteiger partial charge in [-0.3, -0.25) is 4.79 Å². The molecule has 1 unspecified atom stereocenters. The number of nitrogens with two attached hydrogens (primary N) is 1. The first-order valence-corrected chi connectivity index (χ1v) is 6.13. The summed E-state index contributed by atoms with van der Waals surface area (Å²) >= 11 is 1.90. The predicted octanol–water partition coefficient (Wildman–Crippen LogP) is -0.0265. The van der Waals surface area contributed by atoms with Crippen LogP contribution in [0.3, 0.4) is 0 Å². The van der Waals surface area contributed by atoms with Crippen molar-refractivity contribution < 1.29 is 9.53 Å². The topological polar surface area (TPSA) is 64.3 Å². The first-order valence-electron chi connectivity index (χ1n) is 4.98. The lowest BCUT2D eigenvalue weighted by molar-refractivity contribution is -0.126. The van der Waals surface area contributed by atoms with Gasteiger partial charge in [-0.15, -0.1) is 0 Å². The molecule has 1 atom stereocenters. The molecule has 0 aromatic carbocycles. The predicted molar refractivity (Wildman–Crippen MR) is 58.4 cm³/mol. The largest absolute Gasteiger partial charge is 0.370 e. The van der Waals surface area contributed by atoms with E-state index in [2.05, 4.69) is 5.32 Å². The molecule has 4 nitrogen and oxygen atoms in total. The molecule has 1 aliphatic heterocycles. The lowest BCUT2D eigenvalue weighted by Gasteiger charge is -2.22. The number of rotatable bonds is 5. The Morgan fingerprint density at radius 1 is 1.64 bits per heavy atom. The molecule has 1 saturated heterocycles. The lowest BCUT2D eigenvalue weighted by atomic mass is 10.2. The van der Waals surface area contributed by atoms with Crippen molar-refractivity contribution in [2.45, 2.75) is 18.9 Å². The SMILES string of the molecule is NCCOCC(=O)NC1CCCSC1. The van der Waals surface area contributed by atoms with Crippen molar-refractivity contribution >= 4 is 17.7 Å². The normalized spacial score (nSPS) is 21.9. The number of carbonyl (C=O) groups excluding carboxylic acids is 1. The zero-order chi connectivity index (χ0) is 10.2. The summed E-state index contributed by atoms with van der Waals surface area (Å²) in [4.78, 5) is 11.3. The first kappa shape index (κ1) is 11.8. The average molecular weight is 218 g/mol. The number of hydrogen-bond donors (Lipinski definition) is 2. The molecule has 0 aromatic heterocycles. The zero-order valence-electron chi connectivity index (χ0n) is 8.33. The molecule has 1 fully saturated rings. The molecule has 82 valence electrons. The summed E-state index contributed by atoms with van der Waals surface area (Å²) in [6.45, 7) is 1.05.